The van der Waals surface area contributed by atoms with Crippen molar-refractivity contribution in [3.8, 4) is 5.75 Å². The molecular weight excluding hydrogens is 230 g/mol. The molecule has 1 atom stereocenters. The van der Waals surface area contributed by atoms with Crippen molar-refractivity contribution >= 4 is 5.97 Å². The molecule has 0 bridgehead atoms. The number of phenols is 1. The Morgan fingerprint density at radius 3 is 2.61 bits per heavy atom. The van der Waals surface area contributed by atoms with Crippen molar-refractivity contribution in [1.29, 1.82) is 0 Å². The normalized spacial score (nSPS) is 11.9. The van der Waals surface area contributed by atoms with E-state index in [1.54, 1.807) is 24.3 Å². The molecule has 1 rings (SSSR count). The lowest BCUT2D eigenvalue weighted by Crippen LogP contribution is -2.34. The van der Waals surface area contributed by atoms with Gasteiger partial charge in [-0.15, -0.1) is 6.58 Å². The van der Waals surface area contributed by atoms with Gasteiger partial charge in [0.05, 0.1) is 6.61 Å². The molecule has 0 saturated carbocycles. The Morgan fingerprint density at radius 2 is 2.06 bits per heavy atom. The van der Waals surface area contributed by atoms with Gasteiger partial charge in [-0.25, -0.2) is 0 Å². The molecule has 1 unspecified atom stereocenters. The first-order chi connectivity index (χ1) is 8.49. The third-order valence-corrected chi connectivity index (χ3v) is 2.47. The predicted molar refractivity (Wildman–Crippen MR) is 70.2 cm³/mol. The van der Waals surface area contributed by atoms with Crippen molar-refractivity contribution in [2.45, 2.75) is 25.8 Å². The molecule has 0 aliphatic heterocycles. The van der Waals surface area contributed by atoms with Gasteiger partial charge in [0, 0.05) is 6.42 Å². The number of hydrogen-bond acceptors (Lipinski definition) is 4. The van der Waals surface area contributed by atoms with Crippen LogP contribution in [0.1, 0.15) is 18.9 Å². The lowest BCUT2D eigenvalue weighted by Gasteiger charge is -2.11. The van der Waals surface area contributed by atoms with Gasteiger partial charge in [-0.3, -0.25) is 4.79 Å². The number of carbonyl (C=O) groups excluding carboxylic acids is 1. The van der Waals surface area contributed by atoms with E-state index in [4.69, 9.17) is 15.6 Å². The van der Waals surface area contributed by atoms with E-state index in [1.165, 1.54) is 0 Å². The largest absolute Gasteiger partial charge is 0.508 e. The number of phenolic OH excluding ortho intramolecular Hbond substituents is 1. The SMILES string of the molecule is C=C(C)CCOC(=O)C(N)Cc1ccc(O)cc1. The maximum absolute atomic E-state index is 11.6. The fraction of sp³-hybridized carbons (Fsp3) is 0.357. The molecule has 0 heterocycles. The minimum absolute atomic E-state index is 0.191. The van der Waals surface area contributed by atoms with Crippen LogP contribution in [0.3, 0.4) is 0 Å². The van der Waals surface area contributed by atoms with Crippen molar-refractivity contribution in [2.75, 3.05) is 6.61 Å². The quantitative estimate of drug-likeness (QED) is 0.595. The second-order valence-corrected chi connectivity index (χ2v) is 4.35. The zero-order valence-electron chi connectivity index (χ0n) is 10.6. The highest BCUT2D eigenvalue weighted by molar-refractivity contribution is 5.75. The van der Waals surface area contributed by atoms with Crippen molar-refractivity contribution in [1.82, 2.24) is 0 Å². The number of benzene rings is 1. The van der Waals surface area contributed by atoms with Crippen LogP contribution in [-0.4, -0.2) is 23.7 Å². The molecular formula is C14H19NO3. The van der Waals surface area contributed by atoms with Crippen molar-refractivity contribution < 1.29 is 14.6 Å². The van der Waals surface area contributed by atoms with Gasteiger partial charge in [0.15, 0.2) is 0 Å². The summed E-state index contributed by atoms with van der Waals surface area (Å²) in [6.07, 6.45) is 1.05. The van der Waals surface area contributed by atoms with E-state index in [0.717, 1.165) is 11.1 Å². The Morgan fingerprint density at radius 1 is 1.44 bits per heavy atom. The lowest BCUT2D eigenvalue weighted by molar-refractivity contribution is -0.145. The van der Waals surface area contributed by atoms with Crippen LogP contribution in [-0.2, 0) is 16.0 Å². The first-order valence-electron chi connectivity index (χ1n) is 5.83. The van der Waals surface area contributed by atoms with Gasteiger partial charge in [0.25, 0.3) is 0 Å². The number of carbonyl (C=O) groups is 1. The molecule has 0 fully saturated rings. The summed E-state index contributed by atoms with van der Waals surface area (Å²) in [5.41, 5.74) is 7.60. The number of nitrogens with two attached hydrogens (primary N) is 1. The molecule has 4 heteroatoms. The molecule has 0 radical (unpaired) electrons. The molecule has 3 N–H and O–H groups in total. The zero-order valence-corrected chi connectivity index (χ0v) is 10.6. The number of ether oxygens (including phenoxy) is 1. The van der Waals surface area contributed by atoms with Gasteiger partial charge in [0.2, 0.25) is 0 Å². The fourth-order valence-electron chi connectivity index (χ4n) is 1.40. The van der Waals surface area contributed by atoms with E-state index in [0.29, 0.717) is 19.4 Å². The van der Waals surface area contributed by atoms with Gasteiger partial charge >= 0.3 is 5.97 Å². The fourth-order valence-corrected chi connectivity index (χ4v) is 1.40. The van der Waals surface area contributed by atoms with Crippen LogP contribution in [0.15, 0.2) is 36.4 Å². The van der Waals surface area contributed by atoms with Crippen LogP contribution in [0.5, 0.6) is 5.75 Å². The van der Waals surface area contributed by atoms with E-state index in [9.17, 15) is 4.79 Å². The highest BCUT2D eigenvalue weighted by atomic mass is 16.5. The number of aromatic hydroxyl groups is 1. The highest BCUT2D eigenvalue weighted by Crippen LogP contribution is 2.11. The van der Waals surface area contributed by atoms with E-state index < -0.39 is 12.0 Å². The monoisotopic (exact) mass is 249 g/mol. The number of hydrogen-bond donors (Lipinski definition) is 2. The second kappa shape index (κ2) is 6.81. The van der Waals surface area contributed by atoms with Gasteiger partial charge < -0.3 is 15.6 Å². The van der Waals surface area contributed by atoms with Gasteiger partial charge in [-0.05, 0) is 31.0 Å². The Hall–Kier alpha value is -1.81. The summed E-state index contributed by atoms with van der Waals surface area (Å²) >= 11 is 0. The van der Waals surface area contributed by atoms with Crippen LogP contribution >= 0.6 is 0 Å². The van der Waals surface area contributed by atoms with E-state index in [-0.39, 0.29) is 5.75 Å². The standard InChI is InChI=1S/C14H19NO3/c1-10(2)7-8-18-14(17)13(15)9-11-3-5-12(16)6-4-11/h3-6,13,16H,1,7-9,15H2,2H3. The molecule has 0 spiro atoms. The van der Waals surface area contributed by atoms with Gasteiger partial charge in [0.1, 0.15) is 11.8 Å². The first-order valence-corrected chi connectivity index (χ1v) is 5.83. The van der Waals surface area contributed by atoms with Crippen LogP contribution in [0, 0.1) is 0 Å². The molecule has 1 aromatic rings. The molecule has 0 amide bonds. The van der Waals surface area contributed by atoms with Crippen molar-refractivity contribution in [3.05, 3.63) is 42.0 Å². The third kappa shape index (κ3) is 5.01. The summed E-state index contributed by atoms with van der Waals surface area (Å²) in [6.45, 7) is 5.92. The Labute approximate surface area is 107 Å². The van der Waals surface area contributed by atoms with Crippen molar-refractivity contribution in [2.24, 2.45) is 5.73 Å². The highest BCUT2D eigenvalue weighted by Gasteiger charge is 2.15. The molecule has 0 aromatic heterocycles. The average Bonchev–Trinajstić information content (AvgIpc) is 2.31. The Kier molecular flexibility index (Phi) is 5.39. The smallest absolute Gasteiger partial charge is 0.323 e. The molecule has 0 saturated heterocycles. The van der Waals surface area contributed by atoms with E-state index in [1.807, 2.05) is 6.92 Å². The summed E-state index contributed by atoms with van der Waals surface area (Å²) in [5, 5.41) is 9.14. The molecule has 4 nitrogen and oxygen atoms in total. The summed E-state index contributed by atoms with van der Waals surface area (Å²) in [4.78, 5) is 11.6. The van der Waals surface area contributed by atoms with E-state index in [2.05, 4.69) is 6.58 Å². The Bertz CT molecular complexity index is 412. The summed E-state index contributed by atoms with van der Waals surface area (Å²) in [6, 6.07) is 5.91. The molecule has 0 aliphatic rings. The minimum Gasteiger partial charge on any atom is -0.508 e. The summed E-state index contributed by atoms with van der Waals surface area (Å²) in [7, 11) is 0. The molecule has 1 aromatic carbocycles. The molecule has 18 heavy (non-hydrogen) atoms. The Balaban J connectivity index is 2.39. The summed E-state index contributed by atoms with van der Waals surface area (Å²) < 4.78 is 5.04. The molecule has 98 valence electrons. The van der Waals surface area contributed by atoms with Gasteiger partial charge in [-0.2, -0.15) is 0 Å². The van der Waals surface area contributed by atoms with Crippen LogP contribution in [0.25, 0.3) is 0 Å². The predicted octanol–water partition coefficient (Wildman–Crippen LogP) is 1.77. The maximum Gasteiger partial charge on any atom is 0.323 e. The van der Waals surface area contributed by atoms with Crippen molar-refractivity contribution in [3.63, 3.8) is 0 Å². The van der Waals surface area contributed by atoms with Crippen LogP contribution < -0.4 is 5.73 Å². The molecule has 0 aliphatic carbocycles. The topological polar surface area (TPSA) is 72.5 Å². The third-order valence-electron chi connectivity index (χ3n) is 2.47. The average molecular weight is 249 g/mol. The lowest BCUT2D eigenvalue weighted by atomic mass is 10.1. The number of rotatable bonds is 6. The van der Waals surface area contributed by atoms with E-state index >= 15 is 0 Å². The summed E-state index contributed by atoms with van der Waals surface area (Å²) in [5.74, 6) is -0.222. The first kappa shape index (κ1) is 14.3. The second-order valence-electron chi connectivity index (χ2n) is 4.35. The van der Waals surface area contributed by atoms with Crippen LogP contribution in [0.2, 0.25) is 0 Å². The number of esters is 1. The van der Waals surface area contributed by atoms with Gasteiger partial charge in [-0.1, -0.05) is 17.7 Å². The maximum atomic E-state index is 11.6. The van der Waals surface area contributed by atoms with Crippen LogP contribution in [0.4, 0.5) is 0 Å². The minimum atomic E-state index is -0.681. The zero-order chi connectivity index (χ0) is 13.5.